The normalized spacial score (nSPS) is 10.7. The van der Waals surface area contributed by atoms with Crippen molar-refractivity contribution in [3.63, 3.8) is 0 Å². The van der Waals surface area contributed by atoms with Crippen molar-refractivity contribution in [3.05, 3.63) is 43.1 Å². The summed E-state index contributed by atoms with van der Waals surface area (Å²) in [6.45, 7) is 0. The predicted molar refractivity (Wildman–Crippen MR) is 57.1 cm³/mol. The molecule has 0 fully saturated rings. The third-order valence-electron chi connectivity index (χ3n) is 2.28. The molecule has 0 aliphatic heterocycles. The maximum absolute atomic E-state index is 4.24. The van der Waals surface area contributed by atoms with E-state index in [0.29, 0.717) is 0 Å². The van der Waals surface area contributed by atoms with Crippen LogP contribution >= 0.6 is 0 Å². The van der Waals surface area contributed by atoms with E-state index in [2.05, 4.69) is 19.9 Å². The van der Waals surface area contributed by atoms with E-state index in [1.165, 1.54) is 0 Å². The number of fused-ring (bicyclic) bond motifs is 1. The molecule has 2 heterocycles. The summed E-state index contributed by atoms with van der Waals surface area (Å²) in [5, 5.41) is 0. The summed E-state index contributed by atoms with van der Waals surface area (Å²) in [5.41, 5.74) is 3.88. The van der Waals surface area contributed by atoms with Gasteiger partial charge in [0, 0.05) is 18.0 Å². The minimum atomic E-state index is 0.869. The van der Waals surface area contributed by atoms with E-state index >= 15 is 0 Å². The molecule has 72 valence electrons. The van der Waals surface area contributed by atoms with Crippen LogP contribution in [0.4, 0.5) is 0 Å². The highest BCUT2D eigenvalue weighted by Crippen LogP contribution is 2.19. The van der Waals surface area contributed by atoms with Gasteiger partial charge >= 0.3 is 0 Å². The molecule has 0 amide bonds. The van der Waals surface area contributed by atoms with Crippen LogP contribution in [0.2, 0.25) is 0 Å². The van der Waals surface area contributed by atoms with Gasteiger partial charge in [0.05, 0.1) is 29.3 Å². The molecular weight excluding hydrogens is 188 g/mol. The number of aromatic amines is 1. The molecule has 0 aliphatic rings. The molecule has 0 saturated heterocycles. The zero-order chi connectivity index (χ0) is 10.1. The van der Waals surface area contributed by atoms with Crippen LogP contribution in [0.15, 0.2) is 43.1 Å². The fraction of sp³-hybridized carbons (Fsp3) is 0. The maximum atomic E-state index is 4.24. The van der Waals surface area contributed by atoms with Crippen molar-refractivity contribution in [3.8, 4) is 11.3 Å². The van der Waals surface area contributed by atoms with E-state index in [1.54, 1.807) is 24.9 Å². The van der Waals surface area contributed by atoms with Crippen molar-refractivity contribution in [2.75, 3.05) is 0 Å². The van der Waals surface area contributed by atoms with Crippen LogP contribution in [-0.4, -0.2) is 19.9 Å². The van der Waals surface area contributed by atoms with E-state index in [0.717, 1.165) is 22.3 Å². The first-order valence-electron chi connectivity index (χ1n) is 4.63. The molecule has 15 heavy (non-hydrogen) atoms. The van der Waals surface area contributed by atoms with E-state index < -0.39 is 0 Å². The topological polar surface area (TPSA) is 54.5 Å². The van der Waals surface area contributed by atoms with Gasteiger partial charge in [-0.15, -0.1) is 0 Å². The Kier molecular flexibility index (Phi) is 1.71. The van der Waals surface area contributed by atoms with Gasteiger partial charge in [0.15, 0.2) is 0 Å². The first kappa shape index (κ1) is 8.11. The van der Waals surface area contributed by atoms with Crippen LogP contribution in [0.1, 0.15) is 0 Å². The molecule has 4 heteroatoms. The second kappa shape index (κ2) is 3.16. The summed E-state index contributed by atoms with van der Waals surface area (Å²) < 4.78 is 0. The standard InChI is InChI=1S/C11H8N4/c1-2-9-10(15-7-14-9)5-8(1)11-6-12-3-4-13-11/h1-7H,(H,14,15). The Bertz CT molecular complexity index is 586. The fourth-order valence-electron chi connectivity index (χ4n) is 1.54. The number of nitrogens with one attached hydrogen (secondary N) is 1. The third-order valence-corrected chi connectivity index (χ3v) is 2.28. The lowest BCUT2D eigenvalue weighted by atomic mass is 10.1. The Balaban J connectivity index is 2.19. The molecule has 3 aromatic rings. The molecule has 1 aromatic carbocycles. The Morgan fingerprint density at radius 3 is 2.93 bits per heavy atom. The minimum Gasteiger partial charge on any atom is -0.345 e. The zero-order valence-electron chi connectivity index (χ0n) is 7.88. The molecule has 0 spiro atoms. The van der Waals surface area contributed by atoms with Gasteiger partial charge in [-0.05, 0) is 12.1 Å². The van der Waals surface area contributed by atoms with Crippen molar-refractivity contribution in [1.29, 1.82) is 0 Å². The van der Waals surface area contributed by atoms with Gasteiger partial charge in [0.2, 0.25) is 0 Å². The summed E-state index contributed by atoms with van der Waals surface area (Å²) in [5.74, 6) is 0. The molecule has 3 rings (SSSR count). The zero-order valence-corrected chi connectivity index (χ0v) is 7.88. The average Bonchev–Trinajstić information content (AvgIpc) is 2.77. The quantitative estimate of drug-likeness (QED) is 0.647. The van der Waals surface area contributed by atoms with Crippen LogP contribution in [-0.2, 0) is 0 Å². The Hall–Kier alpha value is -2.23. The molecule has 0 bridgehead atoms. The van der Waals surface area contributed by atoms with Gasteiger partial charge in [-0.3, -0.25) is 9.97 Å². The Labute approximate surface area is 86.0 Å². The summed E-state index contributed by atoms with van der Waals surface area (Å²) in [7, 11) is 0. The van der Waals surface area contributed by atoms with Gasteiger partial charge in [0.25, 0.3) is 0 Å². The highest BCUT2D eigenvalue weighted by molar-refractivity contribution is 5.80. The first-order valence-corrected chi connectivity index (χ1v) is 4.63. The smallest absolute Gasteiger partial charge is 0.0931 e. The van der Waals surface area contributed by atoms with Crippen molar-refractivity contribution < 1.29 is 0 Å². The molecule has 1 N–H and O–H groups in total. The number of aromatic nitrogens is 4. The van der Waals surface area contributed by atoms with Gasteiger partial charge in [-0.1, -0.05) is 6.07 Å². The van der Waals surface area contributed by atoms with Gasteiger partial charge in [0.1, 0.15) is 0 Å². The number of H-pyrrole nitrogens is 1. The maximum Gasteiger partial charge on any atom is 0.0931 e. The van der Waals surface area contributed by atoms with E-state index in [-0.39, 0.29) is 0 Å². The average molecular weight is 196 g/mol. The monoisotopic (exact) mass is 196 g/mol. The fourth-order valence-corrected chi connectivity index (χ4v) is 1.54. The SMILES string of the molecule is c1cnc(-c2ccc3nc[nH]c3c2)cn1. The molecule has 0 radical (unpaired) electrons. The number of benzene rings is 1. The van der Waals surface area contributed by atoms with E-state index in [1.807, 2.05) is 18.2 Å². The molecule has 0 saturated carbocycles. The van der Waals surface area contributed by atoms with Crippen LogP contribution in [0.25, 0.3) is 22.3 Å². The predicted octanol–water partition coefficient (Wildman–Crippen LogP) is 2.02. The van der Waals surface area contributed by atoms with Crippen molar-refractivity contribution in [2.45, 2.75) is 0 Å². The first-order chi connectivity index (χ1) is 7.43. The largest absolute Gasteiger partial charge is 0.345 e. The summed E-state index contributed by atoms with van der Waals surface area (Å²) in [6.07, 6.45) is 6.79. The Morgan fingerprint density at radius 1 is 1.07 bits per heavy atom. The summed E-state index contributed by atoms with van der Waals surface area (Å²) in [4.78, 5) is 15.5. The van der Waals surface area contributed by atoms with Crippen molar-refractivity contribution >= 4 is 11.0 Å². The molecule has 0 aliphatic carbocycles. The number of imidazole rings is 1. The van der Waals surface area contributed by atoms with Gasteiger partial charge in [-0.25, -0.2) is 4.98 Å². The molecular formula is C11H8N4. The second-order valence-electron chi connectivity index (χ2n) is 3.23. The molecule has 0 unspecified atom stereocenters. The highest BCUT2D eigenvalue weighted by Gasteiger charge is 2.01. The van der Waals surface area contributed by atoms with E-state index in [9.17, 15) is 0 Å². The van der Waals surface area contributed by atoms with Crippen molar-refractivity contribution in [2.24, 2.45) is 0 Å². The lowest BCUT2D eigenvalue weighted by Gasteiger charge is -1.98. The minimum absolute atomic E-state index is 0.869. The number of rotatable bonds is 1. The van der Waals surface area contributed by atoms with Gasteiger partial charge < -0.3 is 4.98 Å². The molecule has 0 atom stereocenters. The van der Waals surface area contributed by atoms with Crippen molar-refractivity contribution in [1.82, 2.24) is 19.9 Å². The Morgan fingerprint density at radius 2 is 2.07 bits per heavy atom. The number of nitrogens with zero attached hydrogens (tertiary/aromatic N) is 3. The van der Waals surface area contributed by atoms with Crippen LogP contribution in [0.3, 0.4) is 0 Å². The summed E-state index contributed by atoms with van der Waals surface area (Å²) in [6, 6.07) is 5.98. The van der Waals surface area contributed by atoms with E-state index in [4.69, 9.17) is 0 Å². The summed E-state index contributed by atoms with van der Waals surface area (Å²) >= 11 is 0. The second-order valence-corrected chi connectivity index (χ2v) is 3.23. The highest BCUT2D eigenvalue weighted by atomic mass is 14.9. The van der Waals surface area contributed by atoms with Crippen LogP contribution in [0, 0.1) is 0 Å². The van der Waals surface area contributed by atoms with Gasteiger partial charge in [-0.2, -0.15) is 0 Å². The lowest BCUT2D eigenvalue weighted by Crippen LogP contribution is -1.83. The van der Waals surface area contributed by atoms with Crippen LogP contribution in [0.5, 0.6) is 0 Å². The molecule has 2 aromatic heterocycles. The third kappa shape index (κ3) is 1.36. The molecule has 4 nitrogen and oxygen atoms in total. The number of hydrogen-bond donors (Lipinski definition) is 1. The lowest BCUT2D eigenvalue weighted by molar-refractivity contribution is 1.21. The number of hydrogen-bond acceptors (Lipinski definition) is 3. The van der Waals surface area contributed by atoms with Crippen LogP contribution < -0.4 is 0 Å².